The number of piperazine rings is 1. The molecule has 8 nitrogen and oxygen atoms in total. The molecular formula is C23H25N7OS. The van der Waals surface area contributed by atoms with Crippen molar-refractivity contribution in [1.82, 2.24) is 29.7 Å². The van der Waals surface area contributed by atoms with Gasteiger partial charge < -0.3 is 20.1 Å². The molecule has 0 saturated carbocycles. The van der Waals surface area contributed by atoms with Crippen molar-refractivity contribution in [2.45, 2.75) is 13.8 Å². The second kappa shape index (κ2) is 8.33. The smallest absolute Gasteiger partial charge is 0.270 e. The molecule has 3 aromatic heterocycles. The van der Waals surface area contributed by atoms with Crippen LogP contribution >= 0.6 is 11.3 Å². The van der Waals surface area contributed by atoms with Crippen LogP contribution in [0.15, 0.2) is 36.5 Å². The molecule has 32 heavy (non-hydrogen) atoms. The van der Waals surface area contributed by atoms with Crippen LogP contribution in [0.4, 0.5) is 11.6 Å². The van der Waals surface area contributed by atoms with Gasteiger partial charge in [-0.15, -0.1) is 11.3 Å². The van der Waals surface area contributed by atoms with Crippen molar-refractivity contribution < 1.29 is 4.79 Å². The Labute approximate surface area is 190 Å². The lowest BCUT2D eigenvalue weighted by molar-refractivity contribution is 0.0659. The third-order valence-electron chi connectivity index (χ3n) is 5.70. The average molecular weight is 448 g/mol. The lowest BCUT2D eigenvalue weighted by Gasteiger charge is -2.32. The number of nitrogens with zero attached hydrogens (tertiary/aromatic N) is 5. The van der Waals surface area contributed by atoms with Crippen molar-refractivity contribution in [3.8, 4) is 11.4 Å². The number of carbonyl (C=O) groups is 1. The van der Waals surface area contributed by atoms with Crippen molar-refractivity contribution >= 4 is 39.8 Å². The Hall–Kier alpha value is -3.30. The predicted octanol–water partition coefficient (Wildman–Crippen LogP) is 3.83. The van der Waals surface area contributed by atoms with Crippen LogP contribution in [0.25, 0.3) is 22.3 Å². The number of rotatable bonds is 4. The number of carbonyl (C=O) groups excluding carboxylic acids is 1. The number of aromatic amines is 1. The highest BCUT2D eigenvalue weighted by molar-refractivity contribution is 7.11. The summed E-state index contributed by atoms with van der Waals surface area (Å²) in [6.07, 6.45) is 1.74. The molecule has 4 aromatic rings. The minimum absolute atomic E-state index is 0.0498. The number of nitrogens with one attached hydrogen (secondary N) is 2. The number of thiazole rings is 1. The van der Waals surface area contributed by atoms with Gasteiger partial charge in [-0.1, -0.05) is 0 Å². The molecule has 0 spiro atoms. The first kappa shape index (κ1) is 20.6. The molecule has 4 heterocycles. The van der Waals surface area contributed by atoms with Gasteiger partial charge in [0.25, 0.3) is 5.91 Å². The van der Waals surface area contributed by atoms with E-state index in [1.807, 2.05) is 42.2 Å². The minimum Gasteiger partial charge on any atom is -0.351 e. The van der Waals surface area contributed by atoms with E-state index in [1.54, 1.807) is 17.5 Å². The molecule has 0 atom stereocenters. The Kier molecular flexibility index (Phi) is 5.36. The number of aromatic nitrogens is 4. The molecule has 1 aliphatic rings. The third kappa shape index (κ3) is 4.09. The Bertz CT molecular complexity index is 1290. The van der Waals surface area contributed by atoms with E-state index in [9.17, 15) is 4.79 Å². The first-order valence-electron chi connectivity index (χ1n) is 10.6. The van der Waals surface area contributed by atoms with E-state index in [2.05, 4.69) is 44.1 Å². The fourth-order valence-corrected chi connectivity index (χ4v) is 4.78. The van der Waals surface area contributed by atoms with E-state index in [1.165, 1.54) is 0 Å². The fraction of sp³-hybridized carbons (Fsp3) is 0.304. The van der Waals surface area contributed by atoms with Crippen molar-refractivity contribution in [3.05, 3.63) is 52.1 Å². The Balaban J connectivity index is 1.36. The molecule has 1 amide bonds. The Morgan fingerprint density at radius 2 is 1.91 bits per heavy atom. The maximum atomic E-state index is 12.9. The van der Waals surface area contributed by atoms with Gasteiger partial charge >= 0.3 is 0 Å². The van der Waals surface area contributed by atoms with Gasteiger partial charge in [0.05, 0.1) is 10.7 Å². The van der Waals surface area contributed by atoms with E-state index in [0.29, 0.717) is 11.6 Å². The largest absolute Gasteiger partial charge is 0.351 e. The maximum absolute atomic E-state index is 12.9. The van der Waals surface area contributed by atoms with Crippen LogP contribution < -0.4 is 5.32 Å². The third-order valence-corrected chi connectivity index (χ3v) is 6.59. The average Bonchev–Trinajstić information content (AvgIpc) is 3.36. The summed E-state index contributed by atoms with van der Waals surface area (Å²) in [5.41, 5.74) is 4.10. The maximum Gasteiger partial charge on any atom is 0.270 e. The van der Waals surface area contributed by atoms with Crippen LogP contribution in [-0.4, -0.2) is 68.9 Å². The molecule has 5 rings (SSSR count). The highest BCUT2D eigenvalue weighted by atomic mass is 32.1. The van der Waals surface area contributed by atoms with Crippen LogP contribution in [0.2, 0.25) is 0 Å². The molecule has 1 fully saturated rings. The SMILES string of the molecule is Cc1nc(-c2ccnc(Nc3ccc4[nH]c(C(=O)N5CCN(C)CC5)cc4c3)n2)c(C)s1. The Morgan fingerprint density at radius 1 is 1.09 bits per heavy atom. The van der Waals surface area contributed by atoms with Gasteiger partial charge in [-0.3, -0.25) is 4.79 Å². The number of fused-ring (bicyclic) bond motifs is 1. The fourth-order valence-electron chi connectivity index (χ4n) is 3.95. The minimum atomic E-state index is 0.0498. The lowest BCUT2D eigenvalue weighted by Crippen LogP contribution is -2.47. The van der Waals surface area contributed by atoms with E-state index >= 15 is 0 Å². The van der Waals surface area contributed by atoms with Gasteiger partial charge in [-0.05, 0) is 51.2 Å². The summed E-state index contributed by atoms with van der Waals surface area (Å²) in [5, 5.41) is 5.26. The van der Waals surface area contributed by atoms with E-state index in [0.717, 1.165) is 64.0 Å². The van der Waals surface area contributed by atoms with Gasteiger partial charge in [-0.2, -0.15) is 0 Å². The summed E-state index contributed by atoms with van der Waals surface area (Å²) in [4.78, 5) is 35.0. The zero-order valence-corrected chi connectivity index (χ0v) is 19.2. The second-order valence-corrected chi connectivity index (χ2v) is 9.52. The number of amides is 1. The van der Waals surface area contributed by atoms with Crippen LogP contribution in [0.5, 0.6) is 0 Å². The van der Waals surface area contributed by atoms with Crippen molar-refractivity contribution in [2.24, 2.45) is 0 Å². The van der Waals surface area contributed by atoms with Gasteiger partial charge in [0.15, 0.2) is 0 Å². The molecule has 0 radical (unpaired) electrons. The molecule has 164 valence electrons. The topological polar surface area (TPSA) is 90.0 Å². The summed E-state index contributed by atoms with van der Waals surface area (Å²) in [6, 6.07) is 9.71. The second-order valence-electron chi connectivity index (χ2n) is 8.11. The lowest BCUT2D eigenvalue weighted by atomic mass is 10.2. The number of anilines is 2. The number of aryl methyl sites for hydroxylation is 2. The van der Waals surface area contributed by atoms with Crippen LogP contribution in [0.1, 0.15) is 20.4 Å². The first-order valence-corrected chi connectivity index (χ1v) is 11.4. The van der Waals surface area contributed by atoms with Crippen molar-refractivity contribution in [3.63, 3.8) is 0 Å². The van der Waals surface area contributed by atoms with Crippen LogP contribution in [0, 0.1) is 13.8 Å². The summed E-state index contributed by atoms with van der Waals surface area (Å²) in [6.45, 7) is 7.36. The van der Waals surface area contributed by atoms with Crippen LogP contribution in [0.3, 0.4) is 0 Å². The molecule has 2 N–H and O–H groups in total. The molecule has 0 bridgehead atoms. The number of hydrogen-bond donors (Lipinski definition) is 2. The van der Waals surface area contributed by atoms with Gasteiger partial charge in [0, 0.05) is 53.8 Å². The number of H-pyrrole nitrogens is 1. The molecule has 0 unspecified atom stereocenters. The summed E-state index contributed by atoms with van der Waals surface area (Å²) >= 11 is 1.66. The molecular weight excluding hydrogens is 422 g/mol. The summed E-state index contributed by atoms with van der Waals surface area (Å²) in [5.74, 6) is 0.560. The molecule has 9 heteroatoms. The van der Waals surface area contributed by atoms with Gasteiger partial charge in [-0.25, -0.2) is 15.0 Å². The number of benzene rings is 1. The van der Waals surface area contributed by atoms with E-state index < -0.39 is 0 Å². The summed E-state index contributed by atoms with van der Waals surface area (Å²) < 4.78 is 0. The summed E-state index contributed by atoms with van der Waals surface area (Å²) in [7, 11) is 2.08. The monoisotopic (exact) mass is 447 g/mol. The Morgan fingerprint density at radius 3 is 2.66 bits per heavy atom. The zero-order chi connectivity index (χ0) is 22.2. The molecule has 1 aliphatic heterocycles. The van der Waals surface area contributed by atoms with Crippen molar-refractivity contribution in [2.75, 3.05) is 38.5 Å². The van der Waals surface area contributed by atoms with Gasteiger partial charge in [0.1, 0.15) is 11.4 Å². The molecule has 1 aromatic carbocycles. The predicted molar refractivity (Wildman–Crippen MR) is 128 cm³/mol. The highest BCUT2D eigenvalue weighted by Gasteiger charge is 2.21. The van der Waals surface area contributed by atoms with Gasteiger partial charge in [0.2, 0.25) is 5.95 Å². The number of likely N-dealkylation sites (N-methyl/N-ethyl adjacent to an activating group) is 1. The van der Waals surface area contributed by atoms with Crippen LogP contribution in [-0.2, 0) is 0 Å². The molecule has 1 saturated heterocycles. The van der Waals surface area contributed by atoms with E-state index in [-0.39, 0.29) is 5.91 Å². The quantitative estimate of drug-likeness (QED) is 0.494. The standard InChI is InChI=1S/C23H25N7OS/c1-14-21(25-15(2)32-14)19-6-7-24-23(28-19)26-17-4-5-18-16(12-17)13-20(27-18)22(31)30-10-8-29(3)9-11-30/h4-7,12-13,27H,8-11H2,1-3H3,(H,24,26,28). The first-order chi connectivity index (χ1) is 15.5. The number of hydrogen-bond acceptors (Lipinski definition) is 7. The van der Waals surface area contributed by atoms with E-state index in [4.69, 9.17) is 0 Å². The van der Waals surface area contributed by atoms with Crippen molar-refractivity contribution in [1.29, 1.82) is 0 Å². The normalized spacial score (nSPS) is 14.8. The highest BCUT2D eigenvalue weighted by Crippen LogP contribution is 2.27. The zero-order valence-electron chi connectivity index (χ0n) is 18.3. The molecule has 0 aliphatic carbocycles.